The van der Waals surface area contributed by atoms with Crippen molar-refractivity contribution in [3.63, 3.8) is 0 Å². The van der Waals surface area contributed by atoms with Gasteiger partial charge < -0.3 is 15.2 Å². The molecule has 0 bridgehead atoms. The van der Waals surface area contributed by atoms with Crippen LogP contribution in [0.25, 0.3) is 0 Å². The van der Waals surface area contributed by atoms with E-state index in [-0.39, 0.29) is 11.3 Å². The van der Waals surface area contributed by atoms with E-state index in [1.54, 1.807) is 32.9 Å². The van der Waals surface area contributed by atoms with Crippen molar-refractivity contribution in [1.82, 2.24) is 5.32 Å². The van der Waals surface area contributed by atoms with Crippen molar-refractivity contribution in [2.45, 2.75) is 39.3 Å². The molecule has 0 saturated carbocycles. The molecule has 0 heterocycles. The first-order valence-electron chi connectivity index (χ1n) is 6.12. The summed E-state index contributed by atoms with van der Waals surface area (Å²) in [5.74, 6) is -1.16. The molecule has 0 fully saturated rings. The highest BCUT2D eigenvalue weighted by Crippen LogP contribution is 2.19. The summed E-state index contributed by atoms with van der Waals surface area (Å²) in [4.78, 5) is 23.8. The molecule has 20 heavy (non-hydrogen) atoms. The lowest BCUT2D eigenvalue weighted by Crippen LogP contribution is -2.42. The van der Waals surface area contributed by atoms with Crippen LogP contribution in [0.2, 0.25) is 0 Å². The maximum atomic E-state index is 12.0. The molecule has 6 heteroatoms. The first kappa shape index (κ1) is 16.7. The topological polar surface area (TPSA) is 75.6 Å². The average molecular weight is 391 g/mol. The summed E-state index contributed by atoms with van der Waals surface area (Å²) in [7, 11) is 0. The molecule has 5 nitrogen and oxygen atoms in total. The lowest BCUT2D eigenvalue weighted by atomic mass is 10.1. The van der Waals surface area contributed by atoms with Gasteiger partial charge in [0.25, 0.3) is 5.91 Å². The molecular formula is C14H18INO4. The van der Waals surface area contributed by atoms with Gasteiger partial charge >= 0.3 is 5.97 Å². The van der Waals surface area contributed by atoms with Crippen LogP contribution in [-0.2, 0) is 9.53 Å². The van der Waals surface area contributed by atoms with Crippen LogP contribution in [0.3, 0.4) is 0 Å². The summed E-state index contributed by atoms with van der Waals surface area (Å²) < 4.78 is 5.99. The molecule has 0 aliphatic carbocycles. The second kappa shape index (κ2) is 6.43. The van der Waals surface area contributed by atoms with E-state index >= 15 is 0 Å². The number of carbonyl (C=O) groups is 2. The quantitative estimate of drug-likeness (QED) is 0.613. The SMILES string of the molecule is C[C@H](NC(=O)c1cc(I)ccc1O)C(=O)OC(C)(C)C. The van der Waals surface area contributed by atoms with Gasteiger partial charge in [0.1, 0.15) is 17.4 Å². The molecular weight excluding hydrogens is 373 g/mol. The number of ether oxygens (including phenoxy) is 1. The van der Waals surface area contributed by atoms with Gasteiger partial charge in [0.05, 0.1) is 5.56 Å². The first-order valence-corrected chi connectivity index (χ1v) is 7.20. The van der Waals surface area contributed by atoms with Crippen LogP contribution in [0.15, 0.2) is 18.2 Å². The van der Waals surface area contributed by atoms with Crippen LogP contribution in [0.4, 0.5) is 0 Å². The zero-order valence-electron chi connectivity index (χ0n) is 11.9. The van der Waals surface area contributed by atoms with Crippen LogP contribution in [0.1, 0.15) is 38.1 Å². The highest BCUT2D eigenvalue weighted by atomic mass is 127. The maximum Gasteiger partial charge on any atom is 0.328 e. The number of rotatable bonds is 3. The molecule has 1 aromatic rings. The van der Waals surface area contributed by atoms with E-state index in [4.69, 9.17) is 4.74 Å². The van der Waals surface area contributed by atoms with Crippen molar-refractivity contribution in [1.29, 1.82) is 0 Å². The number of hydrogen-bond donors (Lipinski definition) is 2. The minimum Gasteiger partial charge on any atom is -0.507 e. The van der Waals surface area contributed by atoms with Crippen LogP contribution >= 0.6 is 22.6 Å². The minimum atomic E-state index is -0.793. The van der Waals surface area contributed by atoms with Crippen molar-refractivity contribution in [3.05, 3.63) is 27.3 Å². The average Bonchev–Trinajstić information content (AvgIpc) is 2.29. The van der Waals surface area contributed by atoms with Gasteiger partial charge in [-0.25, -0.2) is 4.79 Å². The molecule has 0 saturated heterocycles. The monoisotopic (exact) mass is 391 g/mol. The van der Waals surface area contributed by atoms with Crippen molar-refractivity contribution in [2.75, 3.05) is 0 Å². The summed E-state index contributed by atoms with van der Waals surface area (Å²) in [5, 5.41) is 12.2. The molecule has 1 atom stereocenters. The number of esters is 1. The van der Waals surface area contributed by atoms with Crippen LogP contribution in [0, 0.1) is 3.57 Å². The number of halogens is 1. The predicted octanol–water partition coefficient (Wildman–Crippen LogP) is 2.46. The van der Waals surface area contributed by atoms with Crippen molar-refractivity contribution >= 4 is 34.5 Å². The van der Waals surface area contributed by atoms with Gasteiger partial charge in [0.2, 0.25) is 0 Å². The van der Waals surface area contributed by atoms with Crippen LogP contribution in [-0.4, -0.2) is 28.6 Å². The third-order valence-electron chi connectivity index (χ3n) is 2.31. The number of carbonyl (C=O) groups excluding carboxylic acids is 2. The molecule has 110 valence electrons. The Labute approximate surface area is 131 Å². The smallest absolute Gasteiger partial charge is 0.328 e. The largest absolute Gasteiger partial charge is 0.507 e. The lowest BCUT2D eigenvalue weighted by molar-refractivity contribution is -0.156. The normalized spacial score (nSPS) is 12.7. The van der Waals surface area contributed by atoms with Gasteiger partial charge in [-0.2, -0.15) is 0 Å². The number of phenolic OH excluding ortho intramolecular Hbond substituents is 1. The van der Waals surface area contributed by atoms with Gasteiger partial charge in [0.15, 0.2) is 0 Å². The summed E-state index contributed by atoms with van der Waals surface area (Å²) in [6.45, 7) is 6.80. The van der Waals surface area contributed by atoms with Crippen LogP contribution in [0.5, 0.6) is 5.75 Å². The number of nitrogens with one attached hydrogen (secondary N) is 1. The molecule has 0 unspecified atom stereocenters. The Balaban J connectivity index is 2.75. The van der Waals surface area contributed by atoms with Crippen LogP contribution < -0.4 is 5.32 Å². The summed E-state index contributed by atoms with van der Waals surface area (Å²) in [6, 6.07) is 3.88. The zero-order valence-corrected chi connectivity index (χ0v) is 14.0. The van der Waals surface area contributed by atoms with Crippen molar-refractivity contribution < 1.29 is 19.4 Å². The lowest BCUT2D eigenvalue weighted by Gasteiger charge is -2.22. The molecule has 0 radical (unpaired) electrons. The Bertz CT molecular complexity index is 522. The number of aromatic hydroxyl groups is 1. The molecule has 0 aliphatic heterocycles. The van der Waals surface area contributed by atoms with Gasteiger partial charge in [-0.1, -0.05) is 0 Å². The van der Waals surface area contributed by atoms with E-state index in [9.17, 15) is 14.7 Å². The Morgan fingerprint density at radius 1 is 1.35 bits per heavy atom. The highest BCUT2D eigenvalue weighted by Gasteiger charge is 2.24. The highest BCUT2D eigenvalue weighted by molar-refractivity contribution is 14.1. The second-order valence-corrected chi connectivity index (χ2v) is 6.64. The molecule has 0 aliphatic rings. The maximum absolute atomic E-state index is 12.0. The number of phenols is 1. The van der Waals surface area contributed by atoms with E-state index in [1.165, 1.54) is 13.0 Å². The fourth-order valence-corrected chi connectivity index (χ4v) is 1.90. The molecule has 0 spiro atoms. The van der Waals surface area contributed by atoms with Gasteiger partial charge in [-0.15, -0.1) is 0 Å². The Morgan fingerprint density at radius 2 is 1.95 bits per heavy atom. The molecule has 1 rings (SSSR count). The Kier molecular flexibility index (Phi) is 5.38. The second-order valence-electron chi connectivity index (χ2n) is 5.39. The summed E-state index contributed by atoms with van der Waals surface area (Å²) in [5.41, 5.74) is -0.479. The third-order valence-corrected chi connectivity index (χ3v) is 2.98. The predicted molar refractivity (Wildman–Crippen MR) is 83.6 cm³/mol. The zero-order chi connectivity index (χ0) is 15.5. The molecule has 2 N–H and O–H groups in total. The van der Waals surface area contributed by atoms with E-state index < -0.39 is 23.5 Å². The molecule has 0 aromatic heterocycles. The van der Waals surface area contributed by atoms with Crippen molar-refractivity contribution in [2.24, 2.45) is 0 Å². The van der Waals surface area contributed by atoms with Gasteiger partial charge in [-0.3, -0.25) is 4.79 Å². The fraction of sp³-hybridized carbons (Fsp3) is 0.429. The fourth-order valence-electron chi connectivity index (χ4n) is 1.41. The van der Waals surface area contributed by atoms with Gasteiger partial charge in [0, 0.05) is 3.57 Å². The number of amides is 1. The number of hydrogen-bond acceptors (Lipinski definition) is 4. The van der Waals surface area contributed by atoms with E-state index in [0.29, 0.717) is 0 Å². The van der Waals surface area contributed by atoms with E-state index in [2.05, 4.69) is 5.32 Å². The minimum absolute atomic E-state index is 0.126. The standard InChI is InChI=1S/C14H18INO4/c1-8(13(19)20-14(2,3)4)16-12(18)10-7-9(15)5-6-11(10)17/h5-8,17H,1-4H3,(H,16,18)/t8-/m0/s1. The third kappa shape index (κ3) is 4.99. The van der Waals surface area contributed by atoms with E-state index in [1.807, 2.05) is 22.6 Å². The van der Waals surface area contributed by atoms with Crippen molar-refractivity contribution in [3.8, 4) is 5.75 Å². The number of benzene rings is 1. The summed E-state index contributed by atoms with van der Waals surface area (Å²) >= 11 is 2.04. The van der Waals surface area contributed by atoms with E-state index in [0.717, 1.165) is 3.57 Å². The summed E-state index contributed by atoms with van der Waals surface area (Å²) in [6.07, 6.45) is 0. The van der Waals surface area contributed by atoms with Gasteiger partial charge in [-0.05, 0) is 68.5 Å². The molecule has 1 aromatic carbocycles. The Morgan fingerprint density at radius 3 is 2.50 bits per heavy atom. The Hall–Kier alpha value is -1.31. The molecule has 1 amide bonds. The first-order chi connectivity index (χ1) is 9.10.